The molecule has 1 aliphatic heterocycles. The van der Waals surface area contributed by atoms with E-state index in [1.165, 1.54) is 6.42 Å². The van der Waals surface area contributed by atoms with Crippen LogP contribution in [0.2, 0.25) is 5.02 Å². The van der Waals surface area contributed by atoms with Gasteiger partial charge < -0.3 is 10.0 Å². The first-order chi connectivity index (χ1) is 10.2. The fourth-order valence-electron chi connectivity index (χ4n) is 3.26. The summed E-state index contributed by atoms with van der Waals surface area (Å²) >= 11 is 6.14. The Morgan fingerprint density at radius 2 is 2.05 bits per heavy atom. The first-order valence-electron chi connectivity index (χ1n) is 8.04. The number of benzene rings is 1. The van der Waals surface area contributed by atoms with Gasteiger partial charge in [0.25, 0.3) is 0 Å². The molecular weight excluding hydrogens is 284 g/mol. The van der Waals surface area contributed by atoms with Crippen LogP contribution in [0.25, 0.3) is 0 Å². The van der Waals surface area contributed by atoms with Crippen molar-refractivity contribution in [3.63, 3.8) is 0 Å². The Morgan fingerprint density at radius 3 is 2.71 bits per heavy atom. The molecule has 21 heavy (non-hydrogen) atoms. The summed E-state index contributed by atoms with van der Waals surface area (Å²) in [6.45, 7) is 9.90. The highest BCUT2D eigenvalue weighted by Crippen LogP contribution is 2.25. The minimum Gasteiger partial charge on any atom is -0.388 e. The van der Waals surface area contributed by atoms with Crippen LogP contribution in [0, 0.1) is 0 Å². The van der Waals surface area contributed by atoms with E-state index in [0.29, 0.717) is 11.1 Å². The van der Waals surface area contributed by atoms with E-state index in [1.54, 1.807) is 0 Å². The van der Waals surface area contributed by atoms with Crippen LogP contribution in [-0.4, -0.2) is 53.7 Å². The highest BCUT2D eigenvalue weighted by atomic mass is 35.5. The van der Waals surface area contributed by atoms with Crippen LogP contribution in [0.1, 0.15) is 38.4 Å². The van der Waals surface area contributed by atoms with E-state index in [2.05, 4.69) is 23.6 Å². The fourth-order valence-corrected chi connectivity index (χ4v) is 3.52. The van der Waals surface area contributed by atoms with Crippen LogP contribution in [0.15, 0.2) is 24.3 Å². The molecule has 1 N–H and O–H groups in total. The van der Waals surface area contributed by atoms with E-state index in [9.17, 15) is 5.11 Å². The minimum absolute atomic E-state index is 0.466. The topological polar surface area (TPSA) is 26.7 Å². The lowest BCUT2D eigenvalue weighted by molar-refractivity contribution is 0.144. The highest BCUT2D eigenvalue weighted by Gasteiger charge is 2.26. The summed E-state index contributed by atoms with van der Waals surface area (Å²) in [6, 6.07) is 8.25. The van der Waals surface area contributed by atoms with Gasteiger partial charge in [0.05, 0.1) is 6.10 Å². The summed E-state index contributed by atoms with van der Waals surface area (Å²) in [5.41, 5.74) is 0.846. The minimum atomic E-state index is -0.466. The van der Waals surface area contributed by atoms with Crippen LogP contribution in [-0.2, 0) is 0 Å². The zero-order valence-electron chi connectivity index (χ0n) is 13.1. The normalized spacial score (nSPS) is 21.1. The molecule has 2 unspecified atom stereocenters. The van der Waals surface area contributed by atoms with Crippen molar-refractivity contribution in [1.29, 1.82) is 0 Å². The maximum absolute atomic E-state index is 10.3. The molecular formula is C17H27ClN2O. The molecule has 0 bridgehead atoms. The van der Waals surface area contributed by atoms with Crippen LogP contribution >= 0.6 is 11.6 Å². The molecule has 0 aromatic heterocycles. The van der Waals surface area contributed by atoms with Gasteiger partial charge in [-0.15, -0.1) is 0 Å². The number of hydrogen-bond donors (Lipinski definition) is 1. The largest absolute Gasteiger partial charge is 0.388 e. The molecule has 1 aliphatic rings. The molecule has 2 rings (SSSR count). The SMILES string of the molecule is CCN(CC)C1CCN(CCC(O)c2ccccc2Cl)C1. The predicted molar refractivity (Wildman–Crippen MR) is 88.8 cm³/mol. The van der Waals surface area contributed by atoms with Crippen molar-refractivity contribution in [2.75, 3.05) is 32.7 Å². The third kappa shape index (κ3) is 4.43. The molecule has 1 aromatic rings. The number of likely N-dealkylation sites (tertiary alicyclic amines) is 1. The van der Waals surface area contributed by atoms with Gasteiger partial charge >= 0.3 is 0 Å². The highest BCUT2D eigenvalue weighted by molar-refractivity contribution is 6.31. The maximum atomic E-state index is 10.3. The van der Waals surface area contributed by atoms with Crippen LogP contribution in [0.4, 0.5) is 0 Å². The maximum Gasteiger partial charge on any atom is 0.0816 e. The van der Waals surface area contributed by atoms with Gasteiger partial charge in [-0.1, -0.05) is 43.6 Å². The number of aliphatic hydroxyl groups is 1. The lowest BCUT2D eigenvalue weighted by Crippen LogP contribution is -2.37. The Kier molecular flexibility index (Phi) is 6.49. The number of rotatable bonds is 7. The Hall–Kier alpha value is -0.610. The van der Waals surface area contributed by atoms with Crippen LogP contribution < -0.4 is 0 Å². The molecule has 2 atom stereocenters. The average molecular weight is 311 g/mol. The summed E-state index contributed by atoms with van der Waals surface area (Å²) in [7, 11) is 0. The molecule has 1 heterocycles. The summed E-state index contributed by atoms with van der Waals surface area (Å²) in [6.07, 6.45) is 1.52. The second-order valence-corrected chi connectivity index (χ2v) is 6.20. The smallest absolute Gasteiger partial charge is 0.0816 e. The molecule has 118 valence electrons. The van der Waals surface area contributed by atoms with E-state index in [1.807, 2.05) is 24.3 Å². The van der Waals surface area contributed by atoms with Gasteiger partial charge in [0.2, 0.25) is 0 Å². The van der Waals surface area contributed by atoms with Crippen molar-refractivity contribution < 1.29 is 5.11 Å². The molecule has 0 radical (unpaired) electrons. The Bertz CT molecular complexity index is 437. The summed E-state index contributed by atoms with van der Waals surface area (Å²) < 4.78 is 0. The van der Waals surface area contributed by atoms with Crippen molar-refractivity contribution in [1.82, 2.24) is 9.80 Å². The zero-order valence-corrected chi connectivity index (χ0v) is 13.9. The monoisotopic (exact) mass is 310 g/mol. The van der Waals surface area contributed by atoms with Gasteiger partial charge in [-0.3, -0.25) is 4.90 Å². The van der Waals surface area contributed by atoms with Crippen molar-refractivity contribution in [3.05, 3.63) is 34.9 Å². The average Bonchev–Trinajstić information content (AvgIpc) is 2.95. The van der Waals surface area contributed by atoms with Gasteiger partial charge in [-0.25, -0.2) is 0 Å². The number of nitrogens with zero attached hydrogens (tertiary/aromatic N) is 2. The van der Waals surface area contributed by atoms with Crippen molar-refractivity contribution in [2.45, 2.75) is 38.8 Å². The molecule has 1 fully saturated rings. The summed E-state index contributed by atoms with van der Waals surface area (Å²) in [5, 5.41) is 11.0. The van der Waals surface area contributed by atoms with E-state index in [4.69, 9.17) is 11.6 Å². The third-order valence-corrected chi connectivity index (χ3v) is 4.90. The Balaban J connectivity index is 1.80. The molecule has 0 saturated carbocycles. The van der Waals surface area contributed by atoms with Crippen molar-refractivity contribution in [2.24, 2.45) is 0 Å². The van der Waals surface area contributed by atoms with E-state index in [-0.39, 0.29) is 0 Å². The first kappa shape index (κ1) is 16.8. The number of hydrogen-bond acceptors (Lipinski definition) is 3. The molecule has 4 heteroatoms. The van der Waals surface area contributed by atoms with Crippen LogP contribution in [0.3, 0.4) is 0 Å². The molecule has 1 saturated heterocycles. The van der Waals surface area contributed by atoms with Crippen molar-refractivity contribution >= 4 is 11.6 Å². The molecule has 1 aromatic carbocycles. The van der Waals surface area contributed by atoms with Gasteiger partial charge in [0.15, 0.2) is 0 Å². The molecule has 0 spiro atoms. The van der Waals surface area contributed by atoms with Gasteiger partial charge in [-0.2, -0.15) is 0 Å². The Morgan fingerprint density at radius 1 is 1.33 bits per heavy atom. The van der Waals surface area contributed by atoms with Crippen LogP contribution in [0.5, 0.6) is 0 Å². The number of aliphatic hydroxyl groups excluding tert-OH is 1. The summed E-state index contributed by atoms with van der Waals surface area (Å²) in [4.78, 5) is 4.99. The second kappa shape index (κ2) is 8.14. The Labute approximate surface area is 133 Å². The third-order valence-electron chi connectivity index (χ3n) is 4.56. The number of halogens is 1. The van der Waals surface area contributed by atoms with E-state index < -0.39 is 6.10 Å². The van der Waals surface area contributed by atoms with E-state index >= 15 is 0 Å². The van der Waals surface area contributed by atoms with Gasteiger partial charge in [-0.05, 0) is 44.1 Å². The zero-order chi connectivity index (χ0) is 15.2. The summed E-state index contributed by atoms with van der Waals surface area (Å²) in [5.74, 6) is 0. The van der Waals surface area contributed by atoms with Gasteiger partial charge in [0, 0.05) is 24.2 Å². The number of likely N-dealkylation sites (N-methyl/N-ethyl adjacent to an activating group) is 1. The molecule has 3 nitrogen and oxygen atoms in total. The quantitative estimate of drug-likeness (QED) is 0.838. The fraction of sp³-hybridized carbons (Fsp3) is 0.647. The molecule has 0 amide bonds. The lowest BCUT2D eigenvalue weighted by Gasteiger charge is -2.26. The van der Waals surface area contributed by atoms with Gasteiger partial charge in [0.1, 0.15) is 0 Å². The standard InChI is InChI=1S/C17H27ClN2O/c1-3-20(4-2)14-9-11-19(13-14)12-10-17(21)15-7-5-6-8-16(15)18/h5-8,14,17,21H,3-4,9-13H2,1-2H3. The first-order valence-corrected chi connectivity index (χ1v) is 8.42. The van der Waals surface area contributed by atoms with E-state index in [0.717, 1.165) is 44.7 Å². The lowest BCUT2D eigenvalue weighted by atomic mass is 10.1. The van der Waals surface area contributed by atoms with Crippen molar-refractivity contribution in [3.8, 4) is 0 Å². The predicted octanol–water partition coefficient (Wildman–Crippen LogP) is 3.18. The second-order valence-electron chi connectivity index (χ2n) is 5.79. The molecule has 0 aliphatic carbocycles.